The van der Waals surface area contributed by atoms with Crippen molar-refractivity contribution in [3.63, 3.8) is 0 Å². The largest absolute Gasteiger partial charge is 0.457 e. The molecule has 8 nitrogen and oxygen atoms in total. The number of benzene rings is 1. The van der Waals surface area contributed by atoms with Crippen molar-refractivity contribution in [3.05, 3.63) is 39.9 Å². The van der Waals surface area contributed by atoms with Crippen LogP contribution in [0.25, 0.3) is 0 Å². The van der Waals surface area contributed by atoms with Gasteiger partial charge in [0.15, 0.2) is 0 Å². The molecule has 8 heteroatoms. The zero-order valence-corrected chi connectivity index (χ0v) is 16.5. The van der Waals surface area contributed by atoms with Gasteiger partial charge in [-0.05, 0) is 52.7 Å². The topological polar surface area (TPSA) is 108 Å². The lowest BCUT2D eigenvalue weighted by molar-refractivity contribution is -0.384. The molecule has 0 fully saturated rings. The number of alkyl carbamates (subject to hydrolysis) is 1. The van der Waals surface area contributed by atoms with Gasteiger partial charge in [-0.3, -0.25) is 10.1 Å². The summed E-state index contributed by atoms with van der Waals surface area (Å²) < 4.78 is 10.8. The van der Waals surface area contributed by atoms with Crippen molar-refractivity contribution in [2.75, 3.05) is 0 Å². The number of rotatable bonds is 8. The quantitative estimate of drug-likeness (QED) is 0.411. The molecule has 1 amide bonds. The fraction of sp³-hybridized carbons (Fsp3) is 0.579. The molecule has 0 aliphatic carbocycles. The molecule has 0 radical (unpaired) electrons. The van der Waals surface area contributed by atoms with Crippen molar-refractivity contribution in [2.45, 2.75) is 71.6 Å². The van der Waals surface area contributed by atoms with Gasteiger partial charge in [0.05, 0.1) is 16.5 Å². The third kappa shape index (κ3) is 8.06. The minimum absolute atomic E-state index is 0.103. The molecular weight excluding hydrogens is 352 g/mol. The van der Waals surface area contributed by atoms with Crippen LogP contribution in [0.5, 0.6) is 0 Å². The molecule has 1 aromatic rings. The lowest BCUT2D eigenvalue weighted by atomic mass is 10.1. The summed E-state index contributed by atoms with van der Waals surface area (Å²) in [5, 5.41) is 13.4. The number of esters is 1. The molecule has 0 aliphatic rings. The monoisotopic (exact) mass is 380 g/mol. The second kappa shape index (κ2) is 9.89. The van der Waals surface area contributed by atoms with Crippen LogP contribution in [0.1, 0.15) is 64.2 Å². The molecule has 1 N–H and O–H groups in total. The fourth-order valence-electron chi connectivity index (χ4n) is 2.33. The predicted molar refractivity (Wildman–Crippen MR) is 101 cm³/mol. The van der Waals surface area contributed by atoms with Crippen LogP contribution in [-0.4, -0.2) is 34.7 Å². The lowest BCUT2D eigenvalue weighted by Crippen LogP contribution is -2.45. The van der Waals surface area contributed by atoms with E-state index in [0.29, 0.717) is 6.42 Å². The molecule has 2 unspecified atom stereocenters. The predicted octanol–water partition coefficient (Wildman–Crippen LogP) is 4.22. The fourth-order valence-corrected chi connectivity index (χ4v) is 2.33. The molecule has 27 heavy (non-hydrogen) atoms. The molecule has 1 aromatic carbocycles. The lowest BCUT2D eigenvalue weighted by Gasteiger charge is -2.27. The average molecular weight is 380 g/mol. The molecule has 0 saturated carbocycles. The number of hydrogen-bond acceptors (Lipinski definition) is 6. The van der Waals surface area contributed by atoms with Gasteiger partial charge >= 0.3 is 12.1 Å². The minimum Gasteiger partial charge on any atom is -0.457 e. The van der Waals surface area contributed by atoms with Gasteiger partial charge in [0.2, 0.25) is 0 Å². The van der Waals surface area contributed by atoms with Crippen LogP contribution in [0.4, 0.5) is 10.5 Å². The van der Waals surface area contributed by atoms with E-state index in [1.165, 1.54) is 24.3 Å². The molecular formula is C19H28N2O6. The first kappa shape index (κ1) is 22.4. The number of carbonyl (C=O) groups excluding carboxylic acids is 2. The number of amides is 1. The Balaban J connectivity index is 2.78. The van der Waals surface area contributed by atoms with Gasteiger partial charge in [0.25, 0.3) is 5.69 Å². The van der Waals surface area contributed by atoms with E-state index in [1.807, 2.05) is 6.92 Å². The molecule has 0 bridgehead atoms. The van der Waals surface area contributed by atoms with Crippen molar-refractivity contribution in [3.8, 4) is 0 Å². The van der Waals surface area contributed by atoms with E-state index >= 15 is 0 Å². The summed E-state index contributed by atoms with van der Waals surface area (Å²) in [5.74, 6) is -0.594. The highest BCUT2D eigenvalue weighted by molar-refractivity contribution is 5.89. The van der Waals surface area contributed by atoms with E-state index in [-0.39, 0.29) is 11.3 Å². The van der Waals surface area contributed by atoms with Crippen molar-refractivity contribution >= 4 is 17.7 Å². The number of hydrogen-bond donors (Lipinski definition) is 1. The van der Waals surface area contributed by atoms with Crippen molar-refractivity contribution in [1.29, 1.82) is 0 Å². The number of nitrogens with one attached hydrogen (secondary N) is 1. The Morgan fingerprint density at radius 1 is 1.22 bits per heavy atom. The summed E-state index contributed by atoms with van der Waals surface area (Å²) in [5.41, 5.74) is -0.515. The first-order valence-electron chi connectivity index (χ1n) is 8.98. The van der Waals surface area contributed by atoms with Crippen LogP contribution >= 0.6 is 0 Å². The summed E-state index contributed by atoms with van der Waals surface area (Å²) in [6.07, 6.45) is 1.18. The van der Waals surface area contributed by atoms with Gasteiger partial charge < -0.3 is 14.8 Å². The number of nitro groups is 1. The van der Waals surface area contributed by atoms with Crippen molar-refractivity contribution in [2.24, 2.45) is 0 Å². The summed E-state index contributed by atoms with van der Waals surface area (Å²) >= 11 is 0. The standard InChI is InChI=1S/C19H28N2O6/c1-6-7-8-16(13(2)20-18(23)27-19(3,4)5)26-17(22)14-9-11-15(12-10-14)21(24)25/h9-13,16H,6-8H2,1-5H3,(H,20,23). The van der Waals surface area contributed by atoms with Gasteiger partial charge in [-0.25, -0.2) is 9.59 Å². The summed E-state index contributed by atoms with van der Waals surface area (Å²) in [6.45, 7) is 9.05. The van der Waals surface area contributed by atoms with Crippen molar-refractivity contribution < 1.29 is 24.0 Å². The van der Waals surface area contributed by atoms with Crippen LogP contribution in [0.3, 0.4) is 0 Å². The highest BCUT2D eigenvalue weighted by atomic mass is 16.6. The third-order valence-electron chi connectivity index (χ3n) is 3.72. The molecule has 0 heterocycles. The maximum atomic E-state index is 12.4. The highest BCUT2D eigenvalue weighted by Crippen LogP contribution is 2.16. The van der Waals surface area contributed by atoms with Crippen LogP contribution in [0.2, 0.25) is 0 Å². The van der Waals surface area contributed by atoms with E-state index in [0.717, 1.165) is 12.8 Å². The smallest absolute Gasteiger partial charge is 0.407 e. The summed E-state index contributed by atoms with van der Waals surface area (Å²) in [4.78, 5) is 34.5. The van der Waals surface area contributed by atoms with Crippen LogP contribution in [-0.2, 0) is 9.47 Å². The average Bonchev–Trinajstić information content (AvgIpc) is 2.56. The first-order valence-corrected chi connectivity index (χ1v) is 8.98. The van der Waals surface area contributed by atoms with E-state index in [1.54, 1.807) is 27.7 Å². The van der Waals surface area contributed by atoms with E-state index in [2.05, 4.69) is 5.32 Å². The molecule has 0 saturated heterocycles. The van der Waals surface area contributed by atoms with Gasteiger partial charge in [0, 0.05) is 12.1 Å². The first-order chi connectivity index (χ1) is 12.5. The number of nitro benzene ring substituents is 1. The molecule has 0 aliphatic heterocycles. The normalized spacial score (nSPS) is 13.4. The van der Waals surface area contributed by atoms with Gasteiger partial charge in [0.1, 0.15) is 11.7 Å². The summed E-state index contributed by atoms with van der Waals surface area (Å²) in [6, 6.07) is 4.75. The molecule has 150 valence electrons. The molecule has 0 spiro atoms. The van der Waals surface area contributed by atoms with Crippen LogP contribution in [0, 0.1) is 10.1 Å². The SMILES string of the molecule is CCCCC(OC(=O)c1ccc([N+](=O)[O-])cc1)C(C)NC(=O)OC(C)(C)C. The third-order valence-corrected chi connectivity index (χ3v) is 3.72. The Morgan fingerprint density at radius 3 is 2.30 bits per heavy atom. The summed E-state index contributed by atoms with van der Waals surface area (Å²) in [7, 11) is 0. The Kier molecular flexibility index (Phi) is 8.21. The van der Waals surface area contributed by atoms with Crippen LogP contribution < -0.4 is 5.32 Å². The Morgan fingerprint density at radius 2 is 1.81 bits per heavy atom. The van der Waals surface area contributed by atoms with E-state index in [4.69, 9.17) is 9.47 Å². The molecule has 1 rings (SSSR count). The number of unbranched alkanes of at least 4 members (excludes halogenated alkanes) is 1. The number of non-ortho nitro benzene ring substituents is 1. The Bertz CT molecular complexity index is 651. The zero-order valence-electron chi connectivity index (χ0n) is 16.5. The van der Waals surface area contributed by atoms with E-state index < -0.39 is 34.7 Å². The Labute approximate surface area is 159 Å². The van der Waals surface area contributed by atoms with Gasteiger partial charge in [-0.15, -0.1) is 0 Å². The van der Waals surface area contributed by atoms with Gasteiger partial charge in [-0.2, -0.15) is 0 Å². The zero-order chi connectivity index (χ0) is 20.6. The second-order valence-electron chi connectivity index (χ2n) is 7.32. The second-order valence-corrected chi connectivity index (χ2v) is 7.32. The van der Waals surface area contributed by atoms with E-state index in [9.17, 15) is 19.7 Å². The van der Waals surface area contributed by atoms with Crippen molar-refractivity contribution in [1.82, 2.24) is 5.32 Å². The number of nitrogens with zero attached hydrogens (tertiary/aromatic N) is 1. The maximum absolute atomic E-state index is 12.4. The highest BCUT2D eigenvalue weighted by Gasteiger charge is 2.26. The minimum atomic E-state index is -0.627. The maximum Gasteiger partial charge on any atom is 0.407 e. The van der Waals surface area contributed by atoms with Gasteiger partial charge in [-0.1, -0.05) is 13.3 Å². The van der Waals surface area contributed by atoms with Crippen LogP contribution in [0.15, 0.2) is 24.3 Å². The Hall–Kier alpha value is -2.64. The number of ether oxygens (including phenoxy) is 2. The number of carbonyl (C=O) groups is 2. The molecule has 2 atom stereocenters. The molecule has 0 aromatic heterocycles.